The lowest BCUT2D eigenvalue weighted by Crippen LogP contribution is -2.36. The van der Waals surface area contributed by atoms with Crippen LogP contribution in [-0.4, -0.2) is 48.0 Å². The number of carbonyl (C=O) groups excluding carboxylic acids is 1. The average Bonchev–Trinajstić information content (AvgIpc) is 3.35. The molecule has 8 nitrogen and oxygen atoms in total. The Hall–Kier alpha value is -3.20. The Kier molecular flexibility index (Phi) is 4.96. The van der Waals surface area contributed by atoms with Gasteiger partial charge in [-0.3, -0.25) is 4.79 Å². The van der Waals surface area contributed by atoms with Gasteiger partial charge in [0.2, 0.25) is 5.91 Å². The van der Waals surface area contributed by atoms with Crippen molar-refractivity contribution in [2.75, 3.05) is 17.2 Å². The predicted octanol–water partition coefficient (Wildman–Crippen LogP) is 2.68. The number of fused-ring (bicyclic) bond motifs is 2. The first-order chi connectivity index (χ1) is 14.7. The molecule has 0 radical (unpaired) electrons. The number of hydrogen-bond acceptors (Lipinski definition) is 6. The van der Waals surface area contributed by atoms with E-state index in [9.17, 15) is 4.79 Å². The Labute approximate surface area is 177 Å². The summed E-state index contributed by atoms with van der Waals surface area (Å²) in [6.45, 7) is 1.23. The second kappa shape index (κ2) is 7.91. The zero-order valence-electron chi connectivity index (χ0n) is 16.6. The summed E-state index contributed by atoms with van der Waals surface area (Å²) in [4.78, 5) is 14.8. The van der Waals surface area contributed by atoms with Crippen LogP contribution in [0.15, 0.2) is 53.7 Å². The van der Waals surface area contributed by atoms with Crippen molar-refractivity contribution in [3.05, 3.63) is 59.9 Å². The fourth-order valence-electron chi connectivity index (χ4n) is 3.77. The minimum Gasteiger partial charge on any atom is -0.311 e. The molecular weight excluding hydrogens is 398 g/mol. The number of rotatable bonds is 5. The molecule has 0 bridgehead atoms. The highest BCUT2D eigenvalue weighted by atomic mass is 32.2. The molecule has 2 aromatic heterocycles. The number of benzene rings is 2. The highest BCUT2D eigenvalue weighted by Gasteiger charge is 2.23. The fourth-order valence-corrected chi connectivity index (χ4v) is 4.58. The number of aromatic nitrogens is 6. The fraction of sp³-hybridized carbons (Fsp3) is 0.286. The molecular formula is C21H21N7OS. The molecule has 0 unspecified atom stereocenters. The molecule has 5 rings (SSSR count). The van der Waals surface area contributed by atoms with Crippen molar-refractivity contribution in [3.8, 4) is 0 Å². The first-order valence-corrected chi connectivity index (χ1v) is 10.9. The van der Waals surface area contributed by atoms with E-state index in [1.54, 1.807) is 0 Å². The largest absolute Gasteiger partial charge is 0.311 e. The van der Waals surface area contributed by atoms with Gasteiger partial charge in [0.15, 0.2) is 11.0 Å². The molecule has 0 atom stereocenters. The summed E-state index contributed by atoms with van der Waals surface area (Å²) in [7, 11) is 1.91. The van der Waals surface area contributed by atoms with Gasteiger partial charge in [-0.25, -0.2) is 4.68 Å². The van der Waals surface area contributed by atoms with E-state index in [0.717, 1.165) is 41.9 Å². The zero-order valence-corrected chi connectivity index (χ0v) is 17.4. The van der Waals surface area contributed by atoms with Crippen molar-refractivity contribution >= 4 is 34.4 Å². The first kappa shape index (κ1) is 18.8. The number of thioether (sulfide) groups is 1. The van der Waals surface area contributed by atoms with Crippen LogP contribution >= 0.6 is 11.8 Å². The maximum atomic E-state index is 12.9. The number of para-hydroxylation sites is 2. The summed E-state index contributed by atoms with van der Waals surface area (Å²) < 4.78 is 3.72. The number of amides is 1. The highest BCUT2D eigenvalue weighted by Crippen LogP contribution is 2.28. The molecule has 1 amide bonds. The summed E-state index contributed by atoms with van der Waals surface area (Å²) in [5.74, 6) is 1.19. The number of anilines is 1. The summed E-state index contributed by atoms with van der Waals surface area (Å²) in [5.41, 5.74) is 4.07. The second-order valence-corrected chi connectivity index (χ2v) is 8.20. The lowest BCUT2D eigenvalue weighted by atomic mass is 10.0. The third kappa shape index (κ3) is 3.45. The molecule has 0 fully saturated rings. The maximum absolute atomic E-state index is 12.9. The molecule has 9 heteroatoms. The Morgan fingerprint density at radius 1 is 1.07 bits per heavy atom. The van der Waals surface area contributed by atoms with Gasteiger partial charge >= 0.3 is 0 Å². The van der Waals surface area contributed by atoms with Gasteiger partial charge in [-0.15, -0.1) is 15.3 Å². The maximum Gasteiger partial charge on any atom is 0.237 e. The number of carbonyl (C=O) groups is 1. The molecule has 2 aromatic carbocycles. The van der Waals surface area contributed by atoms with Crippen molar-refractivity contribution in [2.24, 2.45) is 7.05 Å². The smallest absolute Gasteiger partial charge is 0.237 e. The van der Waals surface area contributed by atoms with E-state index in [1.807, 2.05) is 63.7 Å². The van der Waals surface area contributed by atoms with Crippen LogP contribution in [0.4, 0.5) is 5.69 Å². The Bertz CT molecular complexity index is 1220. The van der Waals surface area contributed by atoms with Crippen molar-refractivity contribution in [1.29, 1.82) is 0 Å². The number of aryl methyl sites for hydroxylation is 1. The number of nitrogens with zero attached hydrogens (tertiary/aromatic N) is 7. The van der Waals surface area contributed by atoms with Gasteiger partial charge in [0.25, 0.3) is 0 Å². The zero-order chi connectivity index (χ0) is 20.5. The van der Waals surface area contributed by atoms with Gasteiger partial charge in [0.05, 0.1) is 11.3 Å². The molecule has 0 saturated carbocycles. The van der Waals surface area contributed by atoms with Crippen LogP contribution in [-0.2, 0) is 24.8 Å². The average molecular weight is 420 g/mol. The lowest BCUT2D eigenvalue weighted by Gasteiger charge is -2.29. The van der Waals surface area contributed by atoms with Crippen molar-refractivity contribution in [3.63, 3.8) is 0 Å². The van der Waals surface area contributed by atoms with Gasteiger partial charge in [0.1, 0.15) is 12.1 Å². The van der Waals surface area contributed by atoms with Crippen LogP contribution in [0.5, 0.6) is 0 Å². The summed E-state index contributed by atoms with van der Waals surface area (Å²) in [6, 6.07) is 16.0. The lowest BCUT2D eigenvalue weighted by molar-refractivity contribution is -0.116. The van der Waals surface area contributed by atoms with Crippen LogP contribution < -0.4 is 4.90 Å². The molecule has 1 aliphatic heterocycles. The van der Waals surface area contributed by atoms with Gasteiger partial charge in [-0.05, 0) is 36.6 Å². The van der Waals surface area contributed by atoms with Crippen LogP contribution in [0.2, 0.25) is 0 Å². The van der Waals surface area contributed by atoms with Crippen molar-refractivity contribution in [1.82, 2.24) is 29.8 Å². The van der Waals surface area contributed by atoms with Gasteiger partial charge < -0.3 is 9.47 Å². The van der Waals surface area contributed by atoms with Crippen LogP contribution in [0.25, 0.3) is 11.0 Å². The van der Waals surface area contributed by atoms with E-state index in [-0.39, 0.29) is 5.91 Å². The van der Waals surface area contributed by atoms with E-state index in [4.69, 9.17) is 0 Å². The molecule has 0 saturated heterocycles. The number of hydrogen-bond donors (Lipinski definition) is 0. The summed E-state index contributed by atoms with van der Waals surface area (Å²) >= 11 is 1.41. The predicted molar refractivity (Wildman–Crippen MR) is 115 cm³/mol. The standard InChI is InChI=1S/C21H21N7OS/c1-26-19(13-28-18-11-5-3-9-16(18)22-25-28)23-24-21(26)30-14-20(29)27-12-6-8-15-7-2-4-10-17(15)27/h2-5,7,9-11H,6,8,12-14H2,1H3. The van der Waals surface area contributed by atoms with Crippen molar-refractivity contribution < 1.29 is 4.79 Å². The van der Waals surface area contributed by atoms with E-state index in [0.29, 0.717) is 17.5 Å². The van der Waals surface area contributed by atoms with Gasteiger partial charge in [-0.1, -0.05) is 47.3 Å². The normalized spacial score (nSPS) is 13.6. The summed E-state index contributed by atoms with van der Waals surface area (Å²) in [6.07, 6.45) is 2.02. The third-order valence-corrected chi connectivity index (χ3v) is 6.38. The van der Waals surface area contributed by atoms with Crippen LogP contribution in [0.1, 0.15) is 17.8 Å². The van der Waals surface area contributed by atoms with Crippen LogP contribution in [0.3, 0.4) is 0 Å². The molecule has 30 heavy (non-hydrogen) atoms. The SMILES string of the molecule is Cn1c(Cn2nnc3ccccc32)nnc1SCC(=O)N1CCCc2ccccc21. The molecule has 0 spiro atoms. The van der Waals surface area contributed by atoms with E-state index in [2.05, 4.69) is 26.6 Å². The molecule has 0 aliphatic carbocycles. The van der Waals surface area contributed by atoms with Crippen molar-refractivity contribution in [2.45, 2.75) is 24.5 Å². The van der Waals surface area contributed by atoms with Gasteiger partial charge in [0, 0.05) is 19.3 Å². The minimum atomic E-state index is 0.0963. The quantitative estimate of drug-likeness (QED) is 0.463. The molecule has 152 valence electrons. The molecule has 3 heterocycles. The van der Waals surface area contributed by atoms with E-state index < -0.39 is 0 Å². The van der Waals surface area contributed by atoms with Crippen LogP contribution in [0, 0.1) is 0 Å². The Balaban J connectivity index is 1.28. The third-order valence-electron chi connectivity index (χ3n) is 5.37. The topological polar surface area (TPSA) is 81.7 Å². The summed E-state index contributed by atoms with van der Waals surface area (Å²) in [5, 5.41) is 17.7. The molecule has 0 N–H and O–H groups in total. The Morgan fingerprint density at radius 2 is 1.90 bits per heavy atom. The highest BCUT2D eigenvalue weighted by molar-refractivity contribution is 7.99. The van der Waals surface area contributed by atoms with Gasteiger partial charge in [-0.2, -0.15) is 0 Å². The van der Waals surface area contributed by atoms with E-state index in [1.165, 1.54) is 17.3 Å². The second-order valence-electron chi connectivity index (χ2n) is 7.26. The molecule has 1 aliphatic rings. The van der Waals surface area contributed by atoms with E-state index >= 15 is 0 Å². The first-order valence-electron chi connectivity index (χ1n) is 9.88. The Morgan fingerprint density at radius 3 is 2.83 bits per heavy atom. The monoisotopic (exact) mass is 419 g/mol. The minimum absolute atomic E-state index is 0.0963. The molecule has 4 aromatic rings.